The Morgan fingerprint density at radius 1 is 0.875 bits per heavy atom. The average molecular weight is 326 g/mol. The Hall–Kier alpha value is -2.70. The highest BCUT2D eigenvalue weighted by Crippen LogP contribution is 2.35. The summed E-state index contributed by atoms with van der Waals surface area (Å²) >= 11 is 0. The number of benzene rings is 2. The maximum Gasteiger partial charge on any atom is 0.187 e. The van der Waals surface area contributed by atoms with E-state index in [1.165, 1.54) is 32.6 Å². The molecule has 4 rings (SSSR count). The van der Waals surface area contributed by atoms with Crippen molar-refractivity contribution in [1.29, 1.82) is 0 Å². The van der Waals surface area contributed by atoms with E-state index >= 15 is 0 Å². The molecule has 0 spiro atoms. The lowest BCUT2D eigenvalue weighted by Gasteiger charge is -2.23. The van der Waals surface area contributed by atoms with Crippen LogP contribution in [0, 0.1) is 13.5 Å². The highest BCUT2D eigenvalue weighted by molar-refractivity contribution is 7.05. The molecule has 0 saturated heterocycles. The molecular formula is C21H18N2Si. The van der Waals surface area contributed by atoms with E-state index in [1.54, 1.807) is 0 Å². The van der Waals surface area contributed by atoms with Crippen LogP contribution in [0.15, 0.2) is 54.7 Å². The molecule has 3 aromatic rings. The van der Waals surface area contributed by atoms with Crippen molar-refractivity contribution in [3.05, 3.63) is 71.7 Å². The quantitative estimate of drug-likeness (QED) is 0.478. The summed E-state index contributed by atoms with van der Waals surface area (Å²) < 4.78 is 0. The van der Waals surface area contributed by atoms with E-state index in [2.05, 4.69) is 66.2 Å². The zero-order valence-corrected chi connectivity index (χ0v) is 15.1. The number of nitrogens with zero attached hydrogens (tertiary/aromatic N) is 2. The molecule has 0 aliphatic carbocycles. The van der Waals surface area contributed by atoms with Gasteiger partial charge >= 0.3 is 0 Å². The SMILES string of the molecule is [C-]#[N+]c1cccc2c1[Si](C)(C)c1c(-c3ccc(C)cn3)cccc1-2. The van der Waals surface area contributed by atoms with E-state index < -0.39 is 8.07 Å². The Kier molecular flexibility index (Phi) is 3.19. The maximum absolute atomic E-state index is 7.57. The zero-order valence-electron chi connectivity index (χ0n) is 14.1. The molecule has 1 aliphatic heterocycles. The first-order valence-electron chi connectivity index (χ1n) is 8.12. The van der Waals surface area contributed by atoms with Crippen molar-refractivity contribution in [2.24, 2.45) is 0 Å². The van der Waals surface area contributed by atoms with Gasteiger partial charge < -0.3 is 0 Å². The van der Waals surface area contributed by atoms with Gasteiger partial charge in [-0.25, -0.2) is 4.85 Å². The van der Waals surface area contributed by atoms with Crippen molar-refractivity contribution < 1.29 is 0 Å². The summed E-state index contributed by atoms with van der Waals surface area (Å²) in [5.74, 6) is 0. The van der Waals surface area contributed by atoms with Crippen LogP contribution in [0.2, 0.25) is 13.1 Å². The van der Waals surface area contributed by atoms with Crippen LogP contribution in [-0.4, -0.2) is 13.1 Å². The molecule has 0 N–H and O–H groups in total. The summed E-state index contributed by atoms with van der Waals surface area (Å²) in [5.41, 5.74) is 6.74. The van der Waals surface area contributed by atoms with Gasteiger partial charge in [0.25, 0.3) is 0 Å². The first-order valence-corrected chi connectivity index (χ1v) is 11.1. The van der Waals surface area contributed by atoms with Gasteiger partial charge in [0, 0.05) is 11.8 Å². The van der Waals surface area contributed by atoms with Crippen molar-refractivity contribution in [3.8, 4) is 22.4 Å². The highest BCUT2D eigenvalue weighted by atomic mass is 28.3. The molecule has 0 amide bonds. The number of hydrogen-bond acceptors (Lipinski definition) is 1. The normalized spacial score (nSPS) is 13.9. The Bertz CT molecular complexity index is 995. The Morgan fingerprint density at radius 3 is 2.21 bits per heavy atom. The number of rotatable bonds is 1. The fraction of sp³-hybridized carbons (Fsp3) is 0.143. The summed E-state index contributed by atoms with van der Waals surface area (Å²) in [6.45, 7) is 14.3. The largest absolute Gasteiger partial charge is 0.256 e. The van der Waals surface area contributed by atoms with Crippen LogP contribution in [0.4, 0.5) is 5.69 Å². The van der Waals surface area contributed by atoms with Crippen LogP contribution in [0.25, 0.3) is 27.2 Å². The predicted octanol–water partition coefficient (Wildman–Crippen LogP) is 4.41. The van der Waals surface area contributed by atoms with Gasteiger partial charge in [0.2, 0.25) is 0 Å². The van der Waals surface area contributed by atoms with Crippen molar-refractivity contribution in [2.45, 2.75) is 20.0 Å². The van der Waals surface area contributed by atoms with Gasteiger partial charge in [-0.1, -0.05) is 55.6 Å². The van der Waals surface area contributed by atoms with Crippen molar-refractivity contribution in [1.82, 2.24) is 4.98 Å². The molecule has 2 heterocycles. The second kappa shape index (κ2) is 5.15. The lowest BCUT2D eigenvalue weighted by Crippen LogP contribution is -2.50. The van der Waals surface area contributed by atoms with Crippen molar-refractivity contribution in [2.75, 3.05) is 0 Å². The van der Waals surface area contributed by atoms with E-state index in [1.807, 2.05) is 18.3 Å². The van der Waals surface area contributed by atoms with Crippen LogP contribution in [0.5, 0.6) is 0 Å². The fourth-order valence-corrected chi connectivity index (χ4v) is 7.63. The number of aromatic nitrogens is 1. The topological polar surface area (TPSA) is 17.2 Å². The number of aryl methyl sites for hydroxylation is 1. The molecule has 0 atom stereocenters. The molecule has 2 nitrogen and oxygen atoms in total. The van der Waals surface area contributed by atoms with E-state index in [9.17, 15) is 0 Å². The molecule has 24 heavy (non-hydrogen) atoms. The maximum atomic E-state index is 7.57. The number of hydrogen-bond donors (Lipinski definition) is 0. The summed E-state index contributed by atoms with van der Waals surface area (Å²) in [4.78, 5) is 8.46. The number of fused-ring (bicyclic) bond motifs is 3. The Labute approximate surface area is 143 Å². The van der Waals surface area contributed by atoms with Gasteiger partial charge in [0.15, 0.2) is 5.69 Å². The minimum absolute atomic E-state index is 0.809. The third kappa shape index (κ3) is 1.97. The highest BCUT2D eigenvalue weighted by Gasteiger charge is 2.40. The lowest BCUT2D eigenvalue weighted by molar-refractivity contribution is 1.27. The molecule has 0 radical (unpaired) electrons. The molecule has 0 saturated carbocycles. The molecule has 0 fully saturated rings. The minimum atomic E-state index is -1.94. The smallest absolute Gasteiger partial charge is 0.187 e. The van der Waals surface area contributed by atoms with Gasteiger partial charge in [-0.2, -0.15) is 0 Å². The summed E-state index contributed by atoms with van der Waals surface area (Å²) in [6, 6.07) is 16.8. The first-order chi connectivity index (χ1) is 11.5. The zero-order chi connectivity index (χ0) is 16.9. The second-order valence-corrected chi connectivity index (χ2v) is 11.1. The van der Waals surface area contributed by atoms with Gasteiger partial charge in [-0.15, -0.1) is 0 Å². The monoisotopic (exact) mass is 326 g/mol. The molecule has 0 unspecified atom stereocenters. The molecular weight excluding hydrogens is 308 g/mol. The molecule has 2 aromatic carbocycles. The van der Waals surface area contributed by atoms with Gasteiger partial charge in [-0.3, -0.25) is 4.98 Å². The molecule has 1 aliphatic rings. The van der Waals surface area contributed by atoms with E-state index in [-0.39, 0.29) is 0 Å². The molecule has 1 aromatic heterocycles. The van der Waals surface area contributed by atoms with Gasteiger partial charge in [0.05, 0.1) is 12.3 Å². The van der Waals surface area contributed by atoms with Crippen LogP contribution < -0.4 is 10.4 Å². The van der Waals surface area contributed by atoms with Crippen molar-refractivity contribution in [3.63, 3.8) is 0 Å². The van der Waals surface area contributed by atoms with Crippen LogP contribution >= 0.6 is 0 Å². The van der Waals surface area contributed by atoms with Crippen LogP contribution in [0.1, 0.15) is 5.56 Å². The summed E-state index contributed by atoms with van der Waals surface area (Å²) in [6.07, 6.45) is 1.93. The molecule has 116 valence electrons. The van der Waals surface area contributed by atoms with E-state index in [0.29, 0.717) is 0 Å². The second-order valence-electron chi connectivity index (χ2n) is 6.89. The van der Waals surface area contributed by atoms with E-state index in [4.69, 9.17) is 6.57 Å². The van der Waals surface area contributed by atoms with Gasteiger partial charge in [0.1, 0.15) is 8.07 Å². The first kappa shape index (κ1) is 14.9. The summed E-state index contributed by atoms with van der Waals surface area (Å²) in [7, 11) is -1.94. The lowest BCUT2D eigenvalue weighted by atomic mass is 10.0. The minimum Gasteiger partial charge on any atom is -0.256 e. The van der Waals surface area contributed by atoms with Crippen LogP contribution in [-0.2, 0) is 0 Å². The molecule has 0 bridgehead atoms. The average Bonchev–Trinajstić information content (AvgIpc) is 2.84. The standard InChI is InChI=1S/C21H18N2Si/c1-14-11-12-18(23-13-14)17-9-5-7-15-16-8-6-10-19(22-2)21(16)24(3,4)20(15)17/h5-13H,1,3-4H3. The Morgan fingerprint density at radius 2 is 1.54 bits per heavy atom. The van der Waals surface area contributed by atoms with E-state index in [0.717, 1.165) is 11.4 Å². The third-order valence-corrected chi connectivity index (χ3v) is 8.52. The summed E-state index contributed by atoms with van der Waals surface area (Å²) in [5, 5.41) is 2.68. The number of pyridine rings is 1. The third-order valence-electron chi connectivity index (χ3n) is 4.95. The molecule has 3 heteroatoms. The Balaban J connectivity index is 2.04. The van der Waals surface area contributed by atoms with Crippen molar-refractivity contribution >= 4 is 24.1 Å². The van der Waals surface area contributed by atoms with Crippen LogP contribution in [0.3, 0.4) is 0 Å². The van der Waals surface area contributed by atoms with Gasteiger partial charge in [-0.05, 0) is 40.1 Å². The predicted molar refractivity (Wildman–Crippen MR) is 103 cm³/mol. The fourth-order valence-electron chi connectivity index (χ4n) is 3.93.